The van der Waals surface area contributed by atoms with Gasteiger partial charge in [-0.3, -0.25) is 0 Å². The number of hydrazone groups is 1. The molecule has 3 heterocycles. The summed E-state index contributed by atoms with van der Waals surface area (Å²) < 4.78 is 17.8. The number of hydrogen-bond donors (Lipinski definition) is 0. The van der Waals surface area contributed by atoms with E-state index in [4.69, 9.17) is 19.3 Å². The van der Waals surface area contributed by atoms with Gasteiger partial charge < -0.3 is 14.2 Å². The van der Waals surface area contributed by atoms with Crippen molar-refractivity contribution in [1.82, 2.24) is 5.01 Å². The summed E-state index contributed by atoms with van der Waals surface area (Å²) in [5.41, 5.74) is 4.37. The first-order valence-corrected chi connectivity index (χ1v) is 9.93. The number of para-hydroxylation sites is 1. The van der Waals surface area contributed by atoms with Gasteiger partial charge >= 0.3 is 0 Å². The summed E-state index contributed by atoms with van der Waals surface area (Å²) in [4.78, 5) is 0. The van der Waals surface area contributed by atoms with Crippen LogP contribution >= 0.6 is 0 Å². The van der Waals surface area contributed by atoms with Crippen LogP contribution in [0.1, 0.15) is 35.4 Å². The fraction of sp³-hybridized carbons (Fsp3) is 0.208. The van der Waals surface area contributed by atoms with Gasteiger partial charge in [0.2, 0.25) is 6.23 Å². The molecule has 0 aliphatic carbocycles. The van der Waals surface area contributed by atoms with Crippen molar-refractivity contribution in [2.75, 3.05) is 13.2 Å². The summed E-state index contributed by atoms with van der Waals surface area (Å²) in [6.45, 7) is 1.17. The maximum absolute atomic E-state index is 6.38. The average molecular weight is 384 g/mol. The van der Waals surface area contributed by atoms with Gasteiger partial charge in [0.25, 0.3) is 0 Å². The first-order chi connectivity index (χ1) is 14.4. The summed E-state index contributed by atoms with van der Waals surface area (Å²) in [6, 6.07) is 24.8. The van der Waals surface area contributed by atoms with E-state index in [-0.39, 0.29) is 12.3 Å². The fourth-order valence-corrected chi connectivity index (χ4v) is 4.27. The zero-order valence-corrected chi connectivity index (χ0v) is 15.8. The molecule has 0 aromatic heterocycles. The van der Waals surface area contributed by atoms with Gasteiger partial charge in [-0.25, -0.2) is 5.01 Å². The lowest BCUT2D eigenvalue weighted by Gasteiger charge is -2.38. The van der Waals surface area contributed by atoms with Crippen molar-refractivity contribution in [3.05, 3.63) is 89.5 Å². The Kier molecular flexibility index (Phi) is 3.72. The maximum atomic E-state index is 6.38. The second kappa shape index (κ2) is 6.55. The smallest absolute Gasteiger partial charge is 0.213 e. The Bertz CT molecular complexity index is 1100. The van der Waals surface area contributed by atoms with Crippen molar-refractivity contribution >= 4 is 5.71 Å². The van der Waals surface area contributed by atoms with E-state index in [1.54, 1.807) is 0 Å². The van der Waals surface area contributed by atoms with Crippen LogP contribution in [0.3, 0.4) is 0 Å². The van der Waals surface area contributed by atoms with E-state index in [1.165, 1.54) is 5.56 Å². The molecule has 0 N–H and O–H groups in total. The molecular weight excluding hydrogens is 364 g/mol. The average Bonchev–Trinajstić information content (AvgIpc) is 3.25. The van der Waals surface area contributed by atoms with Crippen molar-refractivity contribution in [2.45, 2.75) is 18.7 Å². The Hall–Kier alpha value is -3.47. The lowest BCUT2D eigenvalue weighted by molar-refractivity contribution is -0.0190. The van der Waals surface area contributed by atoms with Crippen LogP contribution in [-0.4, -0.2) is 23.9 Å². The Balaban J connectivity index is 1.42. The predicted molar refractivity (Wildman–Crippen MR) is 109 cm³/mol. The van der Waals surface area contributed by atoms with Crippen molar-refractivity contribution in [3.63, 3.8) is 0 Å². The number of hydrogen-bond acceptors (Lipinski definition) is 5. The standard InChI is InChI=1S/C24H20N2O3/c1-2-6-16(7-3-1)24-26-20(18-8-4-5-9-21(18)29-24)15-19(25-26)17-10-11-22-23(14-17)28-13-12-27-22/h1-11,14,20,24H,12-13,15H2/t20-,24-/m0/s1. The zero-order valence-electron chi connectivity index (χ0n) is 15.8. The van der Waals surface area contributed by atoms with Crippen LogP contribution in [0.25, 0.3) is 0 Å². The monoisotopic (exact) mass is 384 g/mol. The van der Waals surface area contributed by atoms with E-state index in [2.05, 4.69) is 35.3 Å². The molecule has 5 heteroatoms. The molecule has 3 aromatic carbocycles. The molecule has 144 valence electrons. The molecule has 6 rings (SSSR count). The summed E-state index contributed by atoms with van der Waals surface area (Å²) in [5.74, 6) is 2.52. The Morgan fingerprint density at radius 2 is 1.59 bits per heavy atom. The second-order valence-corrected chi connectivity index (χ2v) is 7.42. The van der Waals surface area contributed by atoms with E-state index < -0.39 is 0 Å². The Labute approximate surface area is 169 Å². The highest BCUT2D eigenvalue weighted by atomic mass is 16.6. The van der Waals surface area contributed by atoms with Crippen molar-refractivity contribution in [3.8, 4) is 17.2 Å². The van der Waals surface area contributed by atoms with E-state index in [0.717, 1.165) is 40.5 Å². The van der Waals surface area contributed by atoms with E-state index >= 15 is 0 Å². The SMILES string of the molecule is c1ccc([C@@H]2Oc3ccccc3[C@@H]3CC(c4ccc5c(c4)OCCO5)=NN32)cc1. The molecule has 0 saturated carbocycles. The molecule has 3 aromatic rings. The molecule has 5 nitrogen and oxygen atoms in total. The number of ether oxygens (including phenoxy) is 3. The summed E-state index contributed by atoms with van der Waals surface area (Å²) >= 11 is 0. The predicted octanol–water partition coefficient (Wildman–Crippen LogP) is 4.70. The zero-order chi connectivity index (χ0) is 19.2. The molecule has 0 spiro atoms. The van der Waals surface area contributed by atoms with Crippen LogP contribution in [0.15, 0.2) is 77.9 Å². The third-order valence-corrected chi connectivity index (χ3v) is 5.66. The van der Waals surface area contributed by atoms with Crippen molar-refractivity contribution in [1.29, 1.82) is 0 Å². The minimum Gasteiger partial charge on any atom is -0.486 e. The van der Waals surface area contributed by atoms with Gasteiger partial charge in [-0.15, -0.1) is 0 Å². The van der Waals surface area contributed by atoms with Gasteiger partial charge in [0.05, 0.1) is 11.8 Å². The minimum absolute atomic E-state index is 0.147. The highest BCUT2D eigenvalue weighted by Crippen LogP contribution is 2.47. The minimum atomic E-state index is -0.245. The third-order valence-electron chi connectivity index (χ3n) is 5.66. The van der Waals surface area contributed by atoms with E-state index in [1.807, 2.05) is 42.5 Å². The molecule has 0 radical (unpaired) electrons. The van der Waals surface area contributed by atoms with Crippen LogP contribution in [0.5, 0.6) is 17.2 Å². The summed E-state index contributed by atoms with van der Waals surface area (Å²) in [5, 5.41) is 7.12. The molecule has 0 unspecified atom stereocenters. The van der Waals surface area contributed by atoms with Gasteiger partial charge in [0.15, 0.2) is 11.5 Å². The maximum Gasteiger partial charge on any atom is 0.213 e. The topological polar surface area (TPSA) is 43.3 Å². The van der Waals surface area contributed by atoms with Gasteiger partial charge in [0.1, 0.15) is 19.0 Å². The Morgan fingerprint density at radius 1 is 0.793 bits per heavy atom. The van der Waals surface area contributed by atoms with E-state index in [0.29, 0.717) is 13.2 Å². The molecule has 3 aliphatic heterocycles. The van der Waals surface area contributed by atoms with Crippen LogP contribution < -0.4 is 14.2 Å². The number of rotatable bonds is 2. The summed E-state index contributed by atoms with van der Waals surface area (Å²) in [7, 11) is 0. The third kappa shape index (κ3) is 2.73. The first-order valence-electron chi connectivity index (χ1n) is 9.93. The van der Waals surface area contributed by atoms with Gasteiger partial charge in [-0.05, 0) is 24.3 Å². The molecule has 0 amide bonds. The highest BCUT2D eigenvalue weighted by molar-refractivity contribution is 6.02. The van der Waals surface area contributed by atoms with Crippen LogP contribution in [0.4, 0.5) is 0 Å². The van der Waals surface area contributed by atoms with Crippen LogP contribution in [0, 0.1) is 0 Å². The van der Waals surface area contributed by atoms with Gasteiger partial charge in [-0.1, -0.05) is 48.5 Å². The Morgan fingerprint density at radius 3 is 2.48 bits per heavy atom. The van der Waals surface area contributed by atoms with Crippen molar-refractivity contribution in [2.24, 2.45) is 5.10 Å². The summed E-state index contributed by atoms with van der Waals surface area (Å²) in [6.07, 6.45) is 0.578. The lowest BCUT2D eigenvalue weighted by atomic mass is 9.96. The fourth-order valence-electron chi connectivity index (χ4n) is 4.27. The van der Waals surface area contributed by atoms with Crippen molar-refractivity contribution < 1.29 is 14.2 Å². The normalized spacial score (nSPS) is 21.7. The van der Waals surface area contributed by atoms with Crippen LogP contribution in [0.2, 0.25) is 0 Å². The molecule has 0 fully saturated rings. The first kappa shape index (κ1) is 16.5. The molecular formula is C24H20N2O3. The highest BCUT2D eigenvalue weighted by Gasteiger charge is 2.40. The second-order valence-electron chi connectivity index (χ2n) is 7.42. The molecule has 2 atom stereocenters. The molecule has 3 aliphatic rings. The molecule has 0 saturated heterocycles. The number of benzene rings is 3. The quantitative estimate of drug-likeness (QED) is 0.642. The van der Waals surface area contributed by atoms with Crippen LogP contribution in [-0.2, 0) is 0 Å². The number of nitrogens with zero attached hydrogens (tertiary/aromatic N) is 2. The van der Waals surface area contributed by atoms with Gasteiger partial charge in [-0.2, -0.15) is 5.10 Å². The lowest BCUT2D eigenvalue weighted by Crippen LogP contribution is -2.33. The van der Waals surface area contributed by atoms with E-state index in [9.17, 15) is 0 Å². The molecule has 29 heavy (non-hydrogen) atoms. The largest absolute Gasteiger partial charge is 0.486 e. The van der Waals surface area contributed by atoms with Gasteiger partial charge in [0, 0.05) is 23.1 Å². The number of fused-ring (bicyclic) bond motifs is 4. The molecule has 0 bridgehead atoms.